The summed E-state index contributed by atoms with van der Waals surface area (Å²) in [7, 11) is 0. The van der Waals surface area contributed by atoms with Gasteiger partial charge in [0.15, 0.2) is 0 Å². The predicted octanol–water partition coefficient (Wildman–Crippen LogP) is 2.56. The number of nitrogens with one attached hydrogen (secondary N) is 1. The molecule has 2 atom stereocenters. The van der Waals surface area contributed by atoms with Gasteiger partial charge < -0.3 is 5.32 Å². The second-order valence-electron chi connectivity index (χ2n) is 4.19. The lowest BCUT2D eigenvalue weighted by molar-refractivity contribution is 0.267. The minimum Gasteiger partial charge on any atom is -0.312 e. The summed E-state index contributed by atoms with van der Waals surface area (Å²) < 4.78 is 0. The summed E-state index contributed by atoms with van der Waals surface area (Å²) >= 11 is 0. The van der Waals surface area contributed by atoms with Crippen LogP contribution >= 0.6 is 0 Å². The molecule has 0 heterocycles. The van der Waals surface area contributed by atoms with Crippen molar-refractivity contribution in [2.24, 2.45) is 5.92 Å². The molecule has 0 spiro atoms. The van der Waals surface area contributed by atoms with Gasteiger partial charge in [0.1, 0.15) is 0 Å². The van der Waals surface area contributed by atoms with Crippen molar-refractivity contribution < 1.29 is 0 Å². The molecular formula is C10H21N. The van der Waals surface area contributed by atoms with E-state index in [0.29, 0.717) is 6.04 Å². The first-order valence-corrected chi connectivity index (χ1v) is 4.96. The van der Waals surface area contributed by atoms with E-state index in [1.165, 1.54) is 25.7 Å². The fraction of sp³-hybridized carbons (Fsp3) is 1.00. The molecule has 0 aliphatic heterocycles. The average molecular weight is 155 g/mol. The molecule has 0 saturated heterocycles. The summed E-state index contributed by atoms with van der Waals surface area (Å²) in [6, 6.07) is 1.45. The summed E-state index contributed by atoms with van der Waals surface area (Å²) in [5, 5.41) is 3.63. The van der Waals surface area contributed by atoms with Crippen LogP contribution in [0, 0.1) is 5.92 Å². The van der Waals surface area contributed by atoms with E-state index in [-0.39, 0.29) is 0 Å². The van der Waals surface area contributed by atoms with Crippen LogP contribution in [-0.4, -0.2) is 12.1 Å². The third-order valence-electron chi connectivity index (χ3n) is 2.66. The number of hydrogen-bond acceptors (Lipinski definition) is 1. The van der Waals surface area contributed by atoms with E-state index in [1.807, 2.05) is 0 Å². The van der Waals surface area contributed by atoms with Crippen molar-refractivity contribution in [3.8, 4) is 0 Å². The topological polar surface area (TPSA) is 12.0 Å². The lowest BCUT2D eigenvalue weighted by Gasteiger charge is -2.31. The Hall–Kier alpha value is -0.0400. The van der Waals surface area contributed by atoms with Gasteiger partial charge in [-0.25, -0.2) is 0 Å². The van der Waals surface area contributed by atoms with E-state index < -0.39 is 0 Å². The van der Waals surface area contributed by atoms with Gasteiger partial charge in [-0.05, 0) is 18.8 Å². The highest BCUT2D eigenvalue weighted by Crippen LogP contribution is 2.23. The van der Waals surface area contributed by atoms with Gasteiger partial charge in [0, 0.05) is 12.1 Å². The van der Waals surface area contributed by atoms with Crippen LogP contribution in [0.15, 0.2) is 0 Å². The van der Waals surface area contributed by atoms with E-state index in [2.05, 4.69) is 26.1 Å². The van der Waals surface area contributed by atoms with Crippen molar-refractivity contribution in [1.29, 1.82) is 0 Å². The van der Waals surface area contributed by atoms with Gasteiger partial charge in [-0.3, -0.25) is 0 Å². The first kappa shape index (κ1) is 9.05. The third kappa shape index (κ3) is 2.82. The molecule has 0 radical (unpaired) electrons. The van der Waals surface area contributed by atoms with Gasteiger partial charge in [-0.15, -0.1) is 0 Å². The highest BCUT2D eigenvalue weighted by Gasteiger charge is 2.20. The van der Waals surface area contributed by atoms with Gasteiger partial charge >= 0.3 is 0 Å². The molecule has 0 aromatic rings. The lowest BCUT2D eigenvalue weighted by atomic mass is 9.85. The van der Waals surface area contributed by atoms with E-state index in [0.717, 1.165) is 12.0 Å². The maximum Gasteiger partial charge on any atom is 0.00950 e. The van der Waals surface area contributed by atoms with Crippen LogP contribution in [0.25, 0.3) is 0 Å². The normalized spacial score (nSPS) is 32.7. The zero-order chi connectivity index (χ0) is 8.27. The van der Waals surface area contributed by atoms with Crippen LogP contribution in [0.3, 0.4) is 0 Å². The highest BCUT2D eigenvalue weighted by atomic mass is 14.9. The fourth-order valence-corrected chi connectivity index (χ4v) is 1.99. The van der Waals surface area contributed by atoms with Crippen LogP contribution in [0.1, 0.15) is 46.5 Å². The maximum absolute atomic E-state index is 3.63. The monoisotopic (exact) mass is 155 g/mol. The Labute approximate surface area is 70.6 Å². The van der Waals surface area contributed by atoms with Crippen molar-refractivity contribution in [3.05, 3.63) is 0 Å². The summed E-state index contributed by atoms with van der Waals surface area (Å²) in [5.41, 5.74) is 0. The second kappa shape index (κ2) is 4.10. The molecule has 0 aromatic carbocycles. The molecule has 1 nitrogen and oxygen atoms in total. The Bertz CT molecular complexity index is 109. The molecule has 0 aromatic heterocycles. The molecule has 0 amide bonds. The molecule has 1 heteroatoms. The average Bonchev–Trinajstić information content (AvgIpc) is 1.93. The molecule has 0 bridgehead atoms. The number of hydrogen-bond donors (Lipinski definition) is 1. The summed E-state index contributed by atoms with van der Waals surface area (Å²) in [6.07, 6.45) is 5.68. The first-order valence-electron chi connectivity index (χ1n) is 4.96. The Morgan fingerprint density at radius 1 is 1.18 bits per heavy atom. The van der Waals surface area contributed by atoms with Crippen molar-refractivity contribution >= 4 is 0 Å². The second-order valence-corrected chi connectivity index (χ2v) is 4.19. The molecule has 1 aliphatic carbocycles. The minimum absolute atomic E-state index is 0.653. The zero-order valence-corrected chi connectivity index (χ0v) is 8.06. The van der Waals surface area contributed by atoms with Crippen LogP contribution in [0.5, 0.6) is 0 Å². The SMILES string of the molecule is CC(C)N[C@@H]1CCCC[C@H]1C. The van der Waals surface area contributed by atoms with Crippen LogP contribution in [0.2, 0.25) is 0 Å². The third-order valence-corrected chi connectivity index (χ3v) is 2.66. The highest BCUT2D eigenvalue weighted by molar-refractivity contribution is 4.78. The summed E-state index contributed by atoms with van der Waals surface area (Å²) in [5.74, 6) is 0.895. The van der Waals surface area contributed by atoms with Gasteiger partial charge in [0.25, 0.3) is 0 Å². The first-order chi connectivity index (χ1) is 5.20. The van der Waals surface area contributed by atoms with Gasteiger partial charge in [0.05, 0.1) is 0 Å². The Morgan fingerprint density at radius 2 is 1.82 bits per heavy atom. The Balaban J connectivity index is 2.29. The molecule has 1 rings (SSSR count). The molecule has 0 unspecified atom stereocenters. The van der Waals surface area contributed by atoms with Gasteiger partial charge in [-0.1, -0.05) is 33.6 Å². The maximum atomic E-state index is 3.63. The van der Waals surface area contributed by atoms with Crippen molar-refractivity contribution in [1.82, 2.24) is 5.32 Å². The Morgan fingerprint density at radius 3 is 2.36 bits per heavy atom. The standard InChI is InChI=1S/C10H21N/c1-8(2)11-10-7-5-4-6-9(10)3/h8-11H,4-7H2,1-3H3/t9-,10-/m1/s1. The number of rotatable bonds is 2. The lowest BCUT2D eigenvalue weighted by Crippen LogP contribution is -2.41. The molecule has 66 valence electrons. The zero-order valence-electron chi connectivity index (χ0n) is 8.06. The summed E-state index contributed by atoms with van der Waals surface area (Å²) in [6.45, 7) is 6.85. The largest absolute Gasteiger partial charge is 0.312 e. The van der Waals surface area contributed by atoms with Gasteiger partial charge in [0.2, 0.25) is 0 Å². The van der Waals surface area contributed by atoms with Crippen molar-refractivity contribution in [2.45, 2.75) is 58.5 Å². The Kier molecular flexibility index (Phi) is 3.38. The van der Waals surface area contributed by atoms with Gasteiger partial charge in [-0.2, -0.15) is 0 Å². The van der Waals surface area contributed by atoms with Crippen molar-refractivity contribution in [2.75, 3.05) is 0 Å². The summed E-state index contributed by atoms with van der Waals surface area (Å²) in [4.78, 5) is 0. The molecule has 1 aliphatic rings. The van der Waals surface area contributed by atoms with Crippen LogP contribution < -0.4 is 5.32 Å². The van der Waals surface area contributed by atoms with Crippen LogP contribution in [-0.2, 0) is 0 Å². The molecule has 1 saturated carbocycles. The predicted molar refractivity (Wildman–Crippen MR) is 49.7 cm³/mol. The molecule has 1 N–H and O–H groups in total. The van der Waals surface area contributed by atoms with E-state index in [9.17, 15) is 0 Å². The molecular weight excluding hydrogens is 134 g/mol. The van der Waals surface area contributed by atoms with E-state index in [4.69, 9.17) is 0 Å². The molecule has 1 fully saturated rings. The minimum atomic E-state index is 0.653. The van der Waals surface area contributed by atoms with Crippen molar-refractivity contribution in [3.63, 3.8) is 0 Å². The van der Waals surface area contributed by atoms with E-state index >= 15 is 0 Å². The smallest absolute Gasteiger partial charge is 0.00950 e. The fourth-order valence-electron chi connectivity index (χ4n) is 1.99. The van der Waals surface area contributed by atoms with Crippen LogP contribution in [0.4, 0.5) is 0 Å². The molecule has 11 heavy (non-hydrogen) atoms. The van der Waals surface area contributed by atoms with E-state index in [1.54, 1.807) is 0 Å². The quantitative estimate of drug-likeness (QED) is 0.646.